The molecule has 0 spiro atoms. The first-order chi connectivity index (χ1) is 14.8. The average molecular weight is 427 g/mol. The minimum absolute atomic E-state index is 0.0515. The summed E-state index contributed by atoms with van der Waals surface area (Å²) >= 11 is 0. The van der Waals surface area contributed by atoms with Crippen molar-refractivity contribution in [2.45, 2.75) is 12.7 Å². The molecule has 0 aliphatic carbocycles. The highest BCUT2D eigenvalue weighted by Gasteiger charge is 2.30. The fraction of sp³-hybridized carbons (Fsp3) is 0.130. The highest BCUT2D eigenvalue weighted by atomic mass is 19.4. The highest BCUT2D eigenvalue weighted by molar-refractivity contribution is 5.96. The lowest BCUT2D eigenvalue weighted by Gasteiger charge is -2.11. The molecule has 3 rings (SSSR count). The summed E-state index contributed by atoms with van der Waals surface area (Å²) in [5.74, 6) is -0.779. The molecule has 0 heterocycles. The number of alkyl halides is 3. The standard InChI is InChI=1S/C23H20F3N3O2/c24-23(25,26)18-9-5-11-20(13-18)29-21(30)15-27-19-10-4-8-17(12-19)22(31)28-14-16-6-2-1-3-7-16/h1-13,27H,14-15H2,(H,28,31)(H,29,30). The topological polar surface area (TPSA) is 70.2 Å². The van der Waals surface area contributed by atoms with Gasteiger partial charge in [0.2, 0.25) is 5.91 Å². The van der Waals surface area contributed by atoms with Crippen LogP contribution in [0, 0.1) is 0 Å². The van der Waals surface area contributed by atoms with Crippen LogP contribution in [0.3, 0.4) is 0 Å². The Morgan fingerprint density at radius 3 is 2.26 bits per heavy atom. The van der Waals surface area contributed by atoms with Gasteiger partial charge in [0.05, 0.1) is 12.1 Å². The normalized spacial score (nSPS) is 10.9. The number of benzene rings is 3. The molecule has 0 atom stereocenters. The molecular weight excluding hydrogens is 407 g/mol. The molecular formula is C23H20F3N3O2. The summed E-state index contributed by atoms with van der Waals surface area (Å²) in [5, 5.41) is 8.10. The molecule has 31 heavy (non-hydrogen) atoms. The van der Waals surface area contributed by atoms with E-state index in [0.29, 0.717) is 17.8 Å². The Labute approximate surface area is 177 Å². The van der Waals surface area contributed by atoms with Crippen LogP contribution >= 0.6 is 0 Å². The number of carbonyl (C=O) groups is 2. The van der Waals surface area contributed by atoms with Gasteiger partial charge in [0.25, 0.3) is 5.91 Å². The van der Waals surface area contributed by atoms with Crippen molar-refractivity contribution in [3.05, 3.63) is 95.6 Å². The van der Waals surface area contributed by atoms with Crippen LogP contribution < -0.4 is 16.0 Å². The Morgan fingerprint density at radius 2 is 1.52 bits per heavy atom. The second-order valence-corrected chi connectivity index (χ2v) is 6.73. The van der Waals surface area contributed by atoms with E-state index in [9.17, 15) is 22.8 Å². The van der Waals surface area contributed by atoms with Crippen molar-refractivity contribution in [2.24, 2.45) is 0 Å². The van der Waals surface area contributed by atoms with E-state index < -0.39 is 17.6 Å². The van der Waals surface area contributed by atoms with Crippen molar-refractivity contribution in [1.82, 2.24) is 5.32 Å². The first-order valence-corrected chi connectivity index (χ1v) is 9.44. The highest BCUT2D eigenvalue weighted by Crippen LogP contribution is 2.30. The average Bonchev–Trinajstić information content (AvgIpc) is 2.76. The maximum atomic E-state index is 12.8. The van der Waals surface area contributed by atoms with E-state index in [2.05, 4.69) is 16.0 Å². The second-order valence-electron chi connectivity index (χ2n) is 6.73. The molecule has 0 bridgehead atoms. The number of amides is 2. The molecule has 0 aliphatic rings. The van der Waals surface area contributed by atoms with E-state index in [1.807, 2.05) is 30.3 Å². The van der Waals surface area contributed by atoms with Gasteiger partial charge in [-0.05, 0) is 42.0 Å². The fourth-order valence-corrected chi connectivity index (χ4v) is 2.81. The molecule has 160 valence electrons. The first-order valence-electron chi connectivity index (χ1n) is 9.44. The van der Waals surface area contributed by atoms with Gasteiger partial charge in [-0.25, -0.2) is 0 Å². The summed E-state index contributed by atoms with van der Waals surface area (Å²) in [6.45, 7) is 0.210. The minimum Gasteiger partial charge on any atom is -0.376 e. The van der Waals surface area contributed by atoms with Crippen molar-refractivity contribution in [1.29, 1.82) is 0 Å². The molecule has 0 aliphatic heterocycles. The zero-order valence-corrected chi connectivity index (χ0v) is 16.4. The van der Waals surface area contributed by atoms with E-state index in [1.165, 1.54) is 12.1 Å². The quantitative estimate of drug-likeness (QED) is 0.513. The van der Waals surface area contributed by atoms with Crippen LogP contribution in [-0.4, -0.2) is 18.4 Å². The Balaban J connectivity index is 1.54. The van der Waals surface area contributed by atoms with Gasteiger partial charge >= 0.3 is 6.18 Å². The van der Waals surface area contributed by atoms with Crippen LogP contribution in [0.1, 0.15) is 21.5 Å². The van der Waals surface area contributed by atoms with Crippen molar-refractivity contribution in [2.75, 3.05) is 17.2 Å². The smallest absolute Gasteiger partial charge is 0.376 e. The first kappa shape index (κ1) is 21.9. The summed E-state index contributed by atoms with van der Waals surface area (Å²) in [6, 6.07) is 20.5. The zero-order valence-electron chi connectivity index (χ0n) is 16.4. The van der Waals surface area contributed by atoms with Gasteiger partial charge in [0.1, 0.15) is 0 Å². The summed E-state index contributed by atoms with van der Waals surface area (Å²) < 4.78 is 38.3. The number of halogens is 3. The van der Waals surface area contributed by atoms with E-state index in [4.69, 9.17) is 0 Å². The fourth-order valence-electron chi connectivity index (χ4n) is 2.81. The van der Waals surface area contributed by atoms with E-state index in [1.54, 1.807) is 24.3 Å². The van der Waals surface area contributed by atoms with Crippen LogP contribution in [0.25, 0.3) is 0 Å². The van der Waals surface area contributed by atoms with Gasteiger partial charge in [-0.3, -0.25) is 9.59 Å². The van der Waals surface area contributed by atoms with Crippen molar-refractivity contribution >= 4 is 23.2 Å². The number of hydrogen-bond donors (Lipinski definition) is 3. The molecule has 5 nitrogen and oxygen atoms in total. The van der Waals surface area contributed by atoms with Crippen molar-refractivity contribution in [3.63, 3.8) is 0 Å². The Bertz CT molecular complexity index is 1050. The predicted octanol–water partition coefficient (Wildman–Crippen LogP) is 4.69. The number of hydrogen-bond acceptors (Lipinski definition) is 3. The summed E-state index contributed by atoms with van der Waals surface area (Å²) in [7, 11) is 0. The van der Waals surface area contributed by atoms with Crippen LogP contribution in [0.2, 0.25) is 0 Å². The van der Waals surface area contributed by atoms with E-state index >= 15 is 0 Å². The summed E-state index contributed by atoms with van der Waals surface area (Å²) in [6.07, 6.45) is -4.49. The Hall–Kier alpha value is -3.81. The molecule has 0 unspecified atom stereocenters. The monoisotopic (exact) mass is 427 g/mol. The molecule has 0 aromatic heterocycles. The maximum absolute atomic E-state index is 12.8. The molecule has 3 aromatic carbocycles. The van der Waals surface area contributed by atoms with Gasteiger partial charge < -0.3 is 16.0 Å². The summed E-state index contributed by atoms with van der Waals surface area (Å²) in [4.78, 5) is 24.4. The Kier molecular flexibility index (Phi) is 6.92. The molecule has 3 N–H and O–H groups in total. The number of anilines is 2. The number of rotatable bonds is 7. The molecule has 0 radical (unpaired) electrons. The largest absolute Gasteiger partial charge is 0.416 e. The van der Waals surface area contributed by atoms with Crippen LogP contribution in [0.4, 0.5) is 24.5 Å². The molecule has 2 amide bonds. The van der Waals surface area contributed by atoms with Gasteiger partial charge in [0.15, 0.2) is 0 Å². The third kappa shape index (κ3) is 6.60. The predicted molar refractivity (Wildman–Crippen MR) is 113 cm³/mol. The molecule has 0 saturated carbocycles. The number of carbonyl (C=O) groups excluding carboxylic acids is 2. The summed E-state index contributed by atoms with van der Waals surface area (Å²) in [5.41, 5.74) is 1.13. The molecule has 0 saturated heterocycles. The van der Waals surface area contributed by atoms with Crippen LogP contribution in [-0.2, 0) is 17.5 Å². The second kappa shape index (κ2) is 9.80. The van der Waals surface area contributed by atoms with Gasteiger partial charge in [-0.1, -0.05) is 42.5 Å². The number of nitrogens with one attached hydrogen (secondary N) is 3. The van der Waals surface area contributed by atoms with Gasteiger partial charge in [-0.2, -0.15) is 13.2 Å². The molecule has 3 aromatic rings. The third-order valence-corrected chi connectivity index (χ3v) is 4.35. The van der Waals surface area contributed by atoms with Crippen LogP contribution in [0.5, 0.6) is 0 Å². The Morgan fingerprint density at radius 1 is 0.806 bits per heavy atom. The van der Waals surface area contributed by atoms with Gasteiger partial charge in [0, 0.05) is 23.5 Å². The van der Waals surface area contributed by atoms with Crippen LogP contribution in [0.15, 0.2) is 78.9 Å². The maximum Gasteiger partial charge on any atom is 0.416 e. The zero-order chi connectivity index (χ0) is 22.3. The van der Waals surface area contributed by atoms with Gasteiger partial charge in [-0.15, -0.1) is 0 Å². The lowest BCUT2D eigenvalue weighted by Crippen LogP contribution is -2.24. The van der Waals surface area contributed by atoms with Crippen molar-refractivity contribution < 1.29 is 22.8 Å². The molecule has 0 fully saturated rings. The SMILES string of the molecule is O=C(CNc1cccc(C(=O)NCc2ccccc2)c1)Nc1cccc(C(F)(F)F)c1. The van der Waals surface area contributed by atoms with E-state index in [-0.39, 0.29) is 18.1 Å². The lowest BCUT2D eigenvalue weighted by atomic mass is 10.1. The van der Waals surface area contributed by atoms with E-state index in [0.717, 1.165) is 17.7 Å². The lowest BCUT2D eigenvalue weighted by molar-refractivity contribution is -0.137. The third-order valence-electron chi connectivity index (χ3n) is 4.35. The molecule has 8 heteroatoms. The minimum atomic E-state index is -4.49. The van der Waals surface area contributed by atoms with Crippen molar-refractivity contribution in [3.8, 4) is 0 Å².